The van der Waals surface area contributed by atoms with Crippen LogP contribution < -0.4 is 5.32 Å². The SMILES string of the molecule is CCCNC(C)c1nnnn1C(COC)C(C)C. The number of nitrogens with zero attached hydrogens (tertiary/aromatic N) is 4. The molecular formula is C12H25N5O. The van der Waals surface area contributed by atoms with Gasteiger partial charge in [0.2, 0.25) is 0 Å². The Morgan fingerprint density at radius 2 is 2.06 bits per heavy atom. The van der Waals surface area contributed by atoms with E-state index in [-0.39, 0.29) is 12.1 Å². The Morgan fingerprint density at radius 1 is 1.33 bits per heavy atom. The second-order valence-electron chi connectivity index (χ2n) is 4.92. The van der Waals surface area contributed by atoms with E-state index in [4.69, 9.17) is 4.74 Å². The lowest BCUT2D eigenvalue weighted by Crippen LogP contribution is -2.28. The van der Waals surface area contributed by atoms with Crippen LogP contribution in [0.2, 0.25) is 0 Å². The molecule has 1 heterocycles. The molecule has 0 aliphatic rings. The fraction of sp³-hybridized carbons (Fsp3) is 0.917. The summed E-state index contributed by atoms with van der Waals surface area (Å²) in [4.78, 5) is 0. The number of hydrogen-bond acceptors (Lipinski definition) is 5. The highest BCUT2D eigenvalue weighted by atomic mass is 16.5. The van der Waals surface area contributed by atoms with E-state index < -0.39 is 0 Å². The predicted molar refractivity (Wildman–Crippen MR) is 70.3 cm³/mol. The Hall–Kier alpha value is -1.01. The maximum atomic E-state index is 5.27. The third-order valence-electron chi connectivity index (χ3n) is 3.03. The lowest BCUT2D eigenvalue weighted by atomic mass is 10.1. The zero-order valence-electron chi connectivity index (χ0n) is 12.1. The molecule has 0 saturated carbocycles. The summed E-state index contributed by atoms with van der Waals surface area (Å²) in [5.74, 6) is 1.30. The fourth-order valence-corrected chi connectivity index (χ4v) is 1.89. The molecule has 0 aliphatic carbocycles. The van der Waals surface area contributed by atoms with Gasteiger partial charge in [-0.2, -0.15) is 0 Å². The van der Waals surface area contributed by atoms with Crippen molar-refractivity contribution >= 4 is 0 Å². The van der Waals surface area contributed by atoms with Crippen LogP contribution in [0, 0.1) is 5.92 Å². The first-order valence-electron chi connectivity index (χ1n) is 6.61. The van der Waals surface area contributed by atoms with E-state index in [0.717, 1.165) is 18.8 Å². The van der Waals surface area contributed by atoms with Crippen LogP contribution >= 0.6 is 0 Å². The van der Waals surface area contributed by atoms with Crippen LogP contribution in [0.15, 0.2) is 0 Å². The Labute approximate surface area is 109 Å². The molecular weight excluding hydrogens is 230 g/mol. The van der Waals surface area contributed by atoms with Crippen LogP contribution in [-0.4, -0.2) is 40.5 Å². The molecule has 2 unspecified atom stereocenters. The molecule has 0 amide bonds. The average molecular weight is 255 g/mol. The molecule has 0 radical (unpaired) electrons. The molecule has 6 heteroatoms. The predicted octanol–water partition coefficient (Wildman–Crippen LogP) is 1.58. The lowest BCUT2D eigenvalue weighted by molar-refractivity contribution is 0.122. The quantitative estimate of drug-likeness (QED) is 0.764. The van der Waals surface area contributed by atoms with Crippen molar-refractivity contribution in [2.24, 2.45) is 5.92 Å². The molecule has 104 valence electrons. The molecule has 0 aromatic carbocycles. The molecule has 1 rings (SSSR count). The summed E-state index contributed by atoms with van der Waals surface area (Å²) in [6, 6.07) is 0.323. The third kappa shape index (κ3) is 3.74. The lowest BCUT2D eigenvalue weighted by Gasteiger charge is -2.23. The monoisotopic (exact) mass is 255 g/mol. The second-order valence-corrected chi connectivity index (χ2v) is 4.92. The van der Waals surface area contributed by atoms with Crippen molar-refractivity contribution < 1.29 is 4.74 Å². The number of ether oxygens (including phenoxy) is 1. The molecule has 6 nitrogen and oxygen atoms in total. The fourth-order valence-electron chi connectivity index (χ4n) is 1.89. The number of rotatable bonds is 8. The van der Waals surface area contributed by atoms with Gasteiger partial charge in [0.05, 0.1) is 18.7 Å². The van der Waals surface area contributed by atoms with Gasteiger partial charge < -0.3 is 10.1 Å². The van der Waals surface area contributed by atoms with Crippen molar-refractivity contribution in [3.63, 3.8) is 0 Å². The van der Waals surface area contributed by atoms with Gasteiger partial charge in [-0.05, 0) is 36.2 Å². The number of methoxy groups -OCH3 is 1. The topological polar surface area (TPSA) is 64.9 Å². The smallest absolute Gasteiger partial charge is 0.168 e. The van der Waals surface area contributed by atoms with E-state index in [1.165, 1.54) is 0 Å². The number of aromatic nitrogens is 4. The van der Waals surface area contributed by atoms with Gasteiger partial charge in [0.25, 0.3) is 0 Å². The summed E-state index contributed by atoms with van der Waals surface area (Å²) < 4.78 is 7.16. The Morgan fingerprint density at radius 3 is 2.61 bits per heavy atom. The Balaban J connectivity index is 2.85. The van der Waals surface area contributed by atoms with Gasteiger partial charge in [-0.25, -0.2) is 4.68 Å². The van der Waals surface area contributed by atoms with Crippen LogP contribution in [-0.2, 0) is 4.74 Å². The minimum atomic E-state index is 0.151. The molecule has 2 atom stereocenters. The normalized spacial score (nSPS) is 15.0. The molecule has 1 aromatic heterocycles. The van der Waals surface area contributed by atoms with Crippen LogP contribution in [0.4, 0.5) is 0 Å². The summed E-state index contributed by atoms with van der Waals surface area (Å²) in [5, 5.41) is 15.5. The van der Waals surface area contributed by atoms with Crippen molar-refractivity contribution in [1.29, 1.82) is 0 Å². The first-order chi connectivity index (χ1) is 8.61. The van der Waals surface area contributed by atoms with Gasteiger partial charge in [0, 0.05) is 7.11 Å². The highest BCUT2D eigenvalue weighted by Gasteiger charge is 2.23. The molecule has 0 aliphatic heterocycles. The third-order valence-corrected chi connectivity index (χ3v) is 3.03. The minimum absolute atomic E-state index is 0.151. The van der Waals surface area contributed by atoms with E-state index in [9.17, 15) is 0 Å². The summed E-state index contributed by atoms with van der Waals surface area (Å²) in [5.41, 5.74) is 0. The minimum Gasteiger partial charge on any atom is -0.382 e. The number of tetrazole rings is 1. The van der Waals surface area contributed by atoms with Crippen molar-refractivity contribution in [2.75, 3.05) is 20.3 Å². The van der Waals surface area contributed by atoms with E-state index in [1.54, 1.807) is 7.11 Å². The van der Waals surface area contributed by atoms with Crippen LogP contribution in [0.3, 0.4) is 0 Å². The van der Waals surface area contributed by atoms with Crippen molar-refractivity contribution in [2.45, 2.75) is 46.2 Å². The highest BCUT2D eigenvalue weighted by molar-refractivity contribution is 4.92. The molecule has 0 spiro atoms. The molecule has 18 heavy (non-hydrogen) atoms. The molecule has 1 aromatic rings. The van der Waals surface area contributed by atoms with Gasteiger partial charge in [0.15, 0.2) is 5.82 Å². The van der Waals surface area contributed by atoms with Gasteiger partial charge >= 0.3 is 0 Å². The van der Waals surface area contributed by atoms with E-state index >= 15 is 0 Å². The highest BCUT2D eigenvalue weighted by Crippen LogP contribution is 2.20. The Kier molecular flexibility index (Phi) is 6.21. The van der Waals surface area contributed by atoms with Gasteiger partial charge in [0.1, 0.15) is 0 Å². The van der Waals surface area contributed by atoms with Crippen LogP contribution in [0.5, 0.6) is 0 Å². The summed E-state index contributed by atoms with van der Waals surface area (Å²) in [6.07, 6.45) is 1.09. The molecule has 0 saturated heterocycles. The maximum absolute atomic E-state index is 5.27. The standard InChI is InChI=1S/C12H25N5O/c1-6-7-13-10(4)12-14-15-16-17(12)11(8-18-5)9(2)3/h9-11,13H,6-8H2,1-5H3. The van der Waals surface area contributed by atoms with Gasteiger partial charge in [-0.15, -0.1) is 5.10 Å². The van der Waals surface area contributed by atoms with Crippen LogP contribution in [0.25, 0.3) is 0 Å². The first-order valence-corrected chi connectivity index (χ1v) is 6.61. The zero-order valence-corrected chi connectivity index (χ0v) is 12.1. The Bertz CT molecular complexity index is 339. The average Bonchev–Trinajstić information content (AvgIpc) is 2.81. The van der Waals surface area contributed by atoms with Crippen LogP contribution in [0.1, 0.15) is 52.0 Å². The van der Waals surface area contributed by atoms with E-state index in [2.05, 4.69) is 48.5 Å². The molecule has 0 bridgehead atoms. The van der Waals surface area contributed by atoms with Gasteiger partial charge in [-0.3, -0.25) is 0 Å². The largest absolute Gasteiger partial charge is 0.382 e. The van der Waals surface area contributed by atoms with Crippen molar-refractivity contribution in [1.82, 2.24) is 25.5 Å². The summed E-state index contributed by atoms with van der Waals surface area (Å²) in [6.45, 7) is 10.1. The molecule has 0 fully saturated rings. The maximum Gasteiger partial charge on any atom is 0.168 e. The van der Waals surface area contributed by atoms with Crippen molar-refractivity contribution in [3.05, 3.63) is 5.82 Å². The van der Waals surface area contributed by atoms with Crippen molar-refractivity contribution in [3.8, 4) is 0 Å². The zero-order chi connectivity index (χ0) is 13.5. The molecule has 1 N–H and O–H groups in total. The first kappa shape index (κ1) is 15.0. The summed E-state index contributed by atoms with van der Waals surface area (Å²) >= 11 is 0. The number of hydrogen-bond donors (Lipinski definition) is 1. The second kappa shape index (κ2) is 7.43. The van der Waals surface area contributed by atoms with E-state index in [0.29, 0.717) is 12.5 Å². The number of nitrogens with one attached hydrogen (secondary N) is 1. The summed E-state index contributed by atoms with van der Waals surface area (Å²) in [7, 11) is 1.71. The van der Waals surface area contributed by atoms with E-state index in [1.807, 2.05) is 4.68 Å². The van der Waals surface area contributed by atoms with Gasteiger partial charge in [-0.1, -0.05) is 20.8 Å².